The highest BCUT2D eigenvalue weighted by Gasteiger charge is 2.54. The van der Waals surface area contributed by atoms with Crippen LogP contribution >= 0.6 is 11.3 Å². The normalized spacial score (nSPS) is 33.2. The zero-order valence-electron chi connectivity index (χ0n) is 14.7. The van der Waals surface area contributed by atoms with Crippen LogP contribution in [-0.2, 0) is 11.2 Å². The Morgan fingerprint density at radius 1 is 1.20 bits per heavy atom. The summed E-state index contributed by atoms with van der Waals surface area (Å²) >= 11 is 1.43. The Morgan fingerprint density at radius 2 is 1.88 bits per heavy atom. The molecule has 4 bridgehead atoms. The average molecular weight is 359 g/mol. The standard InChI is InChI=1S/C18H25N5OS/c1-2-3-4-14-20-21-17-23(14)22-16(25-17)19-15(24)18-8-11-5-12(9-18)7-13(6-11)10-18/h11-13H,2-10H2,1H3,(H,19,22,24). The number of carbonyl (C=O) groups excluding carboxylic acids is 1. The number of amides is 1. The van der Waals surface area contributed by atoms with E-state index in [2.05, 4.69) is 27.5 Å². The van der Waals surface area contributed by atoms with E-state index in [1.807, 2.05) is 0 Å². The third-order valence-corrected chi connectivity index (χ3v) is 7.36. The molecule has 134 valence electrons. The number of aryl methyl sites for hydroxylation is 1. The highest BCUT2D eigenvalue weighted by atomic mass is 32.1. The molecule has 6 nitrogen and oxygen atoms in total. The van der Waals surface area contributed by atoms with E-state index in [0.717, 1.165) is 67.1 Å². The lowest BCUT2D eigenvalue weighted by Crippen LogP contribution is -2.51. The third kappa shape index (κ3) is 2.58. The molecule has 0 spiro atoms. The van der Waals surface area contributed by atoms with Crippen LogP contribution in [0.2, 0.25) is 0 Å². The van der Waals surface area contributed by atoms with Crippen molar-refractivity contribution >= 4 is 27.3 Å². The minimum atomic E-state index is -0.133. The van der Waals surface area contributed by atoms with Crippen molar-refractivity contribution in [1.29, 1.82) is 0 Å². The summed E-state index contributed by atoms with van der Waals surface area (Å²) in [4.78, 5) is 13.9. The van der Waals surface area contributed by atoms with Gasteiger partial charge in [-0.15, -0.1) is 15.3 Å². The molecule has 2 aromatic rings. The summed E-state index contributed by atoms with van der Waals surface area (Å²) in [6, 6.07) is 0. The van der Waals surface area contributed by atoms with Crippen LogP contribution < -0.4 is 5.32 Å². The van der Waals surface area contributed by atoms with Gasteiger partial charge in [0.2, 0.25) is 16.0 Å². The molecule has 6 rings (SSSR count). The van der Waals surface area contributed by atoms with Gasteiger partial charge in [-0.25, -0.2) is 0 Å². The van der Waals surface area contributed by atoms with Crippen LogP contribution in [0, 0.1) is 23.2 Å². The quantitative estimate of drug-likeness (QED) is 0.884. The number of rotatable bonds is 5. The maximum Gasteiger partial charge on any atom is 0.236 e. The Kier molecular flexibility index (Phi) is 3.62. The summed E-state index contributed by atoms with van der Waals surface area (Å²) < 4.78 is 1.80. The number of unbranched alkanes of at least 4 members (excludes halogenated alkanes) is 1. The van der Waals surface area contributed by atoms with Crippen LogP contribution in [-0.4, -0.2) is 25.7 Å². The van der Waals surface area contributed by atoms with Gasteiger partial charge in [0.25, 0.3) is 0 Å². The van der Waals surface area contributed by atoms with Gasteiger partial charge in [-0.1, -0.05) is 24.7 Å². The van der Waals surface area contributed by atoms with Gasteiger partial charge in [-0.2, -0.15) is 4.52 Å². The maximum atomic E-state index is 13.1. The van der Waals surface area contributed by atoms with Crippen LogP contribution in [0.15, 0.2) is 0 Å². The number of nitrogens with zero attached hydrogens (tertiary/aromatic N) is 4. The number of hydrogen-bond acceptors (Lipinski definition) is 5. The Morgan fingerprint density at radius 3 is 2.52 bits per heavy atom. The first-order chi connectivity index (χ1) is 12.1. The van der Waals surface area contributed by atoms with Crippen molar-refractivity contribution in [2.75, 3.05) is 5.32 Å². The van der Waals surface area contributed by atoms with Crippen LogP contribution in [0.5, 0.6) is 0 Å². The van der Waals surface area contributed by atoms with E-state index in [1.54, 1.807) is 4.52 Å². The van der Waals surface area contributed by atoms with Gasteiger partial charge >= 0.3 is 0 Å². The summed E-state index contributed by atoms with van der Waals surface area (Å²) in [7, 11) is 0. The highest BCUT2D eigenvalue weighted by molar-refractivity contribution is 7.20. The molecule has 7 heteroatoms. The molecule has 0 unspecified atom stereocenters. The molecule has 0 saturated heterocycles. The number of carbonyl (C=O) groups is 1. The summed E-state index contributed by atoms with van der Waals surface area (Å²) in [6.45, 7) is 2.16. The number of fused-ring (bicyclic) bond motifs is 1. The molecule has 1 amide bonds. The SMILES string of the molecule is CCCCc1nnc2sc(NC(=O)C34CC5CC(CC(C5)C3)C4)nn12. The molecule has 0 aromatic carbocycles. The lowest BCUT2D eigenvalue weighted by atomic mass is 9.49. The second-order valence-corrected chi connectivity index (χ2v) is 9.43. The number of anilines is 1. The van der Waals surface area contributed by atoms with Crippen molar-refractivity contribution in [3.8, 4) is 0 Å². The van der Waals surface area contributed by atoms with E-state index in [0.29, 0.717) is 5.13 Å². The van der Waals surface area contributed by atoms with Gasteiger partial charge in [0.05, 0.1) is 5.41 Å². The van der Waals surface area contributed by atoms with Gasteiger partial charge in [0, 0.05) is 6.42 Å². The molecule has 4 saturated carbocycles. The minimum Gasteiger partial charge on any atom is -0.300 e. The molecular formula is C18H25N5OS. The smallest absolute Gasteiger partial charge is 0.236 e. The lowest BCUT2D eigenvalue weighted by molar-refractivity contribution is -0.140. The molecule has 4 aliphatic rings. The molecule has 2 heterocycles. The molecule has 0 radical (unpaired) electrons. The van der Waals surface area contributed by atoms with Crippen molar-refractivity contribution < 1.29 is 4.79 Å². The zero-order chi connectivity index (χ0) is 17.0. The summed E-state index contributed by atoms with van der Waals surface area (Å²) in [6.07, 6.45) is 10.4. The first kappa shape index (κ1) is 15.7. The second-order valence-electron chi connectivity index (χ2n) is 8.47. The highest BCUT2D eigenvalue weighted by Crippen LogP contribution is 2.60. The van der Waals surface area contributed by atoms with Crippen LogP contribution in [0.4, 0.5) is 5.13 Å². The van der Waals surface area contributed by atoms with Crippen molar-refractivity contribution in [2.24, 2.45) is 23.2 Å². The zero-order valence-corrected chi connectivity index (χ0v) is 15.5. The largest absolute Gasteiger partial charge is 0.300 e. The van der Waals surface area contributed by atoms with Gasteiger partial charge < -0.3 is 5.32 Å². The summed E-state index contributed by atoms with van der Waals surface area (Å²) in [5.74, 6) is 3.41. The molecule has 4 aliphatic carbocycles. The molecule has 1 N–H and O–H groups in total. The van der Waals surface area contributed by atoms with Gasteiger partial charge in [0.1, 0.15) is 0 Å². The van der Waals surface area contributed by atoms with Crippen molar-refractivity contribution in [2.45, 2.75) is 64.7 Å². The van der Waals surface area contributed by atoms with Crippen molar-refractivity contribution in [3.63, 3.8) is 0 Å². The van der Waals surface area contributed by atoms with E-state index in [-0.39, 0.29) is 11.3 Å². The van der Waals surface area contributed by atoms with E-state index >= 15 is 0 Å². The Hall–Kier alpha value is -1.50. The van der Waals surface area contributed by atoms with E-state index in [4.69, 9.17) is 0 Å². The van der Waals surface area contributed by atoms with Gasteiger partial charge in [-0.05, 0) is 62.7 Å². The molecule has 2 aromatic heterocycles. The fraction of sp³-hybridized carbons (Fsp3) is 0.778. The third-order valence-electron chi connectivity index (χ3n) is 6.55. The molecule has 0 aliphatic heterocycles. The summed E-state index contributed by atoms with van der Waals surface area (Å²) in [5, 5.41) is 16.8. The molecular weight excluding hydrogens is 334 g/mol. The number of aromatic nitrogens is 4. The van der Waals surface area contributed by atoms with E-state index in [9.17, 15) is 4.79 Å². The topological polar surface area (TPSA) is 72.2 Å². The Labute approximate surface area is 151 Å². The Bertz CT molecular complexity index is 774. The average Bonchev–Trinajstić information content (AvgIpc) is 3.12. The van der Waals surface area contributed by atoms with Crippen molar-refractivity contribution in [3.05, 3.63) is 5.82 Å². The molecule has 25 heavy (non-hydrogen) atoms. The first-order valence-electron chi connectivity index (χ1n) is 9.68. The van der Waals surface area contributed by atoms with Gasteiger partial charge in [-0.3, -0.25) is 4.79 Å². The van der Waals surface area contributed by atoms with E-state index in [1.165, 1.54) is 30.6 Å². The number of hydrogen-bond donors (Lipinski definition) is 1. The van der Waals surface area contributed by atoms with Crippen LogP contribution in [0.3, 0.4) is 0 Å². The van der Waals surface area contributed by atoms with Crippen molar-refractivity contribution in [1.82, 2.24) is 19.8 Å². The maximum absolute atomic E-state index is 13.1. The second kappa shape index (κ2) is 5.76. The van der Waals surface area contributed by atoms with Gasteiger partial charge in [0.15, 0.2) is 5.82 Å². The molecule has 4 fully saturated rings. The predicted octanol–water partition coefficient (Wildman–Crippen LogP) is 3.68. The lowest BCUT2D eigenvalue weighted by Gasteiger charge is -2.55. The molecule has 0 atom stereocenters. The van der Waals surface area contributed by atoms with Crippen LogP contribution in [0.1, 0.15) is 64.1 Å². The Balaban J connectivity index is 1.36. The van der Waals surface area contributed by atoms with E-state index < -0.39 is 0 Å². The minimum absolute atomic E-state index is 0.133. The monoisotopic (exact) mass is 359 g/mol. The van der Waals surface area contributed by atoms with Crippen LogP contribution in [0.25, 0.3) is 4.96 Å². The predicted molar refractivity (Wildman–Crippen MR) is 96.5 cm³/mol. The fourth-order valence-electron chi connectivity index (χ4n) is 5.82. The summed E-state index contributed by atoms with van der Waals surface area (Å²) in [5.41, 5.74) is -0.133. The number of nitrogens with one attached hydrogen (secondary N) is 1. The fourth-order valence-corrected chi connectivity index (χ4v) is 6.57. The first-order valence-corrected chi connectivity index (χ1v) is 10.5.